The second-order valence-electron chi connectivity index (χ2n) is 10.8. The minimum atomic E-state index is -0.754. The summed E-state index contributed by atoms with van der Waals surface area (Å²) in [5.74, 6) is 2.85. The van der Waals surface area contributed by atoms with Crippen LogP contribution < -0.4 is 4.74 Å². The zero-order valence-corrected chi connectivity index (χ0v) is 21.1. The highest BCUT2D eigenvalue weighted by atomic mass is 19.2. The largest absolute Gasteiger partial charge is 0.493 e. The van der Waals surface area contributed by atoms with E-state index in [1.807, 2.05) is 31.2 Å². The molecular formula is C31H42F2O. The van der Waals surface area contributed by atoms with Gasteiger partial charge in [-0.3, -0.25) is 0 Å². The lowest BCUT2D eigenvalue weighted by Gasteiger charge is -2.37. The van der Waals surface area contributed by atoms with Crippen LogP contribution in [0.25, 0.3) is 11.1 Å². The number of aryl methyl sites for hydroxylation is 1. The average molecular weight is 469 g/mol. The third-order valence-corrected chi connectivity index (χ3v) is 8.48. The molecule has 0 bridgehead atoms. The maximum Gasteiger partial charge on any atom is 0.166 e. The molecule has 2 aromatic carbocycles. The number of ether oxygens (including phenoxy) is 1. The van der Waals surface area contributed by atoms with Gasteiger partial charge in [0.25, 0.3) is 0 Å². The Kier molecular flexibility index (Phi) is 9.03. The molecule has 2 aromatic rings. The van der Waals surface area contributed by atoms with Gasteiger partial charge in [-0.15, -0.1) is 0 Å². The summed E-state index contributed by atoms with van der Waals surface area (Å²) in [7, 11) is 0. The first-order valence-electron chi connectivity index (χ1n) is 13.8. The van der Waals surface area contributed by atoms with Crippen molar-refractivity contribution < 1.29 is 13.5 Å². The molecule has 0 saturated heterocycles. The fourth-order valence-corrected chi connectivity index (χ4v) is 6.40. The van der Waals surface area contributed by atoms with Crippen LogP contribution in [0.1, 0.15) is 90.0 Å². The highest BCUT2D eigenvalue weighted by Crippen LogP contribution is 2.42. The predicted molar refractivity (Wildman–Crippen MR) is 137 cm³/mol. The summed E-state index contributed by atoms with van der Waals surface area (Å²) in [6.45, 7) is 5.04. The fourth-order valence-electron chi connectivity index (χ4n) is 6.40. The molecule has 2 aliphatic carbocycles. The summed E-state index contributed by atoms with van der Waals surface area (Å²) in [4.78, 5) is 0. The van der Waals surface area contributed by atoms with Crippen LogP contribution in [0.5, 0.6) is 5.75 Å². The highest BCUT2D eigenvalue weighted by molar-refractivity contribution is 5.65. The van der Waals surface area contributed by atoms with Crippen molar-refractivity contribution in [2.75, 3.05) is 6.61 Å². The van der Waals surface area contributed by atoms with Gasteiger partial charge in [0.15, 0.2) is 11.6 Å². The fraction of sp³-hybridized carbons (Fsp3) is 0.613. The molecule has 0 aromatic heterocycles. The Morgan fingerprint density at radius 1 is 0.706 bits per heavy atom. The van der Waals surface area contributed by atoms with Crippen LogP contribution >= 0.6 is 0 Å². The molecule has 0 N–H and O–H groups in total. The van der Waals surface area contributed by atoms with Crippen molar-refractivity contribution in [3.63, 3.8) is 0 Å². The van der Waals surface area contributed by atoms with Gasteiger partial charge in [0.2, 0.25) is 0 Å². The molecule has 3 heteroatoms. The van der Waals surface area contributed by atoms with E-state index in [-0.39, 0.29) is 0 Å². The normalized spacial score (nSPS) is 25.3. The topological polar surface area (TPSA) is 9.23 Å². The van der Waals surface area contributed by atoms with E-state index in [0.29, 0.717) is 29.0 Å². The number of rotatable bonds is 9. The molecule has 0 unspecified atom stereocenters. The zero-order chi connectivity index (χ0) is 23.9. The molecule has 0 heterocycles. The monoisotopic (exact) mass is 468 g/mol. The Bertz CT molecular complexity index is 890. The summed E-state index contributed by atoms with van der Waals surface area (Å²) in [6.07, 6.45) is 15.2. The molecule has 1 nitrogen and oxygen atoms in total. The van der Waals surface area contributed by atoms with Gasteiger partial charge in [0.05, 0.1) is 6.61 Å². The van der Waals surface area contributed by atoms with Crippen LogP contribution in [0, 0.1) is 35.3 Å². The highest BCUT2D eigenvalue weighted by Gasteiger charge is 2.30. The second-order valence-corrected chi connectivity index (χ2v) is 10.8. The number of halogens is 2. The van der Waals surface area contributed by atoms with Gasteiger partial charge in [-0.1, -0.05) is 70.2 Å². The van der Waals surface area contributed by atoms with Gasteiger partial charge >= 0.3 is 0 Å². The van der Waals surface area contributed by atoms with Crippen molar-refractivity contribution in [1.82, 2.24) is 0 Å². The Balaban J connectivity index is 1.24. The van der Waals surface area contributed by atoms with Gasteiger partial charge in [0.1, 0.15) is 5.75 Å². The molecule has 0 radical (unpaired) electrons. The SMILES string of the molecule is CCCc1ccc(-c2ccc(OCC3CCC(C4CCC(CCC)CC4)CC3)cc2)c(F)c1F. The van der Waals surface area contributed by atoms with Crippen molar-refractivity contribution in [2.24, 2.45) is 23.7 Å². The maximum atomic E-state index is 14.6. The molecule has 0 aliphatic heterocycles. The van der Waals surface area contributed by atoms with Gasteiger partial charge in [-0.05, 0) is 91.9 Å². The van der Waals surface area contributed by atoms with E-state index in [9.17, 15) is 8.78 Å². The lowest BCUT2D eigenvalue weighted by molar-refractivity contribution is 0.122. The third-order valence-electron chi connectivity index (χ3n) is 8.48. The summed E-state index contributed by atoms with van der Waals surface area (Å²) in [5.41, 5.74) is 1.44. The zero-order valence-electron chi connectivity index (χ0n) is 21.1. The standard InChI is InChI=1S/C31H42F2O/c1-3-5-22-7-11-24(12-8-22)25-13-9-23(10-14-25)21-34-28-18-15-26(16-19-28)29-20-17-27(6-4-2)30(32)31(29)33/h15-20,22-25H,3-14,21H2,1-2H3. The first kappa shape index (κ1) is 25.2. The molecule has 0 atom stereocenters. The van der Waals surface area contributed by atoms with Crippen LogP contribution in [-0.4, -0.2) is 6.61 Å². The number of hydrogen-bond acceptors (Lipinski definition) is 1. The molecular weight excluding hydrogens is 426 g/mol. The average Bonchev–Trinajstić information content (AvgIpc) is 2.87. The maximum absolute atomic E-state index is 14.6. The Morgan fingerprint density at radius 2 is 1.32 bits per heavy atom. The van der Waals surface area contributed by atoms with Gasteiger partial charge < -0.3 is 4.74 Å². The lowest BCUT2D eigenvalue weighted by Crippen LogP contribution is -2.27. The molecule has 0 spiro atoms. The Morgan fingerprint density at radius 3 is 1.91 bits per heavy atom. The van der Waals surface area contributed by atoms with Crippen molar-refractivity contribution in [1.29, 1.82) is 0 Å². The minimum absolute atomic E-state index is 0.311. The summed E-state index contributed by atoms with van der Waals surface area (Å²) >= 11 is 0. The van der Waals surface area contributed by atoms with E-state index in [1.165, 1.54) is 64.2 Å². The first-order valence-corrected chi connectivity index (χ1v) is 13.8. The van der Waals surface area contributed by atoms with Crippen LogP contribution in [0.3, 0.4) is 0 Å². The Labute approximate surface area is 205 Å². The lowest BCUT2D eigenvalue weighted by atomic mass is 9.69. The molecule has 2 aliphatic rings. The van der Waals surface area contributed by atoms with Crippen molar-refractivity contribution in [3.8, 4) is 16.9 Å². The Hall–Kier alpha value is -1.90. The minimum Gasteiger partial charge on any atom is -0.493 e. The van der Waals surface area contributed by atoms with E-state index in [1.54, 1.807) is 12.1 Å². The van der Waals surface area contributed by atoms with Crippen LogP contribution in [0.2, 0.25) is 0 Å². The molecule has 4 rings (SSSR count). The molecule has 0 amide bonds. The quantitative estimate of drug-likeness (QED) is 0.356. The summed E-state index contributed by atoms with van der Waals surface area (Å²) in [6, 6.07) is 10.8. The number of hydrogen-bond donors (Lipinski definition) is 0. The first-order chi connectivity index (χ1) is 16.6. The van der Waals surface area contributed by atoms with Crippen LogP contribution in [-0.2, 0) is 6.42 Å². The van der Waals surface area contributed by atoms with Crippen LogP contribution in [0.4, 0.5) is 8.78 Å². The van der Waals surface area contributed by atoms with E-state index in [2.05, 4.69) is 6.92 Å². The summed E-state index contributed by atoms with van der Waals surface area (Å²) in [5, 5.41) is 0. The predicted octanol–water partition coefficient (Wildman–Crippen LogP) is 9.38. The molecule has 2 fully saturated rings. The van der Waals surface area contributed by atoms with Crippen molar-refractivity contribution in [2.45, 2.75) is 90.9 Å². The van der Waals surface area contributed by atoms with Crippen molar-refractivity contribution in [3.05, 3.63) is 53.6 Å². The van der Waals surface area contributed by atoms with E-state index in [4.69, 9.17) is 4.74 Å². The third kappa shape index (κ3) is 6.20. The van der Waals surface area contributed by atoms with Crippen LogP contribution in [0.15, 0.2) is 36.4 Å². The van der Waals surface area contributed by atoms with Gasteiger partial charge in [-0.2, -0.15) is 0 Å². The molecule has 2 saturated carbocycles. The van der Waals surface area contributed by atoms with E-state index >= 15 is 0 Å². The van der Waals surface area contributed by atoms with Gasteiger partial charge in [0, 0.05) is 5.56 Å². The van der Waals surface area contributed by atoms with Crippen molar-refractivity contribution >= 4 is 0 Å². The smallest absolute Gasteiger partial charge is 0.166 e. The van der Waals surface area contributed by atoms with E-state index in [0.717, 1.165) is 36.5 Å². The number of benzene rings is 2. The molecule has 34 heavy (non-hydrogen) atoms. The van der Waals surface area contributed by atoms with Gasteiger partial charge in [-0.25, -0.2) is 8.78 Å². The molecule has 186 valence electrons. The van der Waals surface area contributed by atoms with E-state index < -0.39 is 11.6 Å². The second kappa shape index (κ2) is 12.2. The summed E-state index contributed by atoms with van der Waals surface area (Å²) < 4.78 is 35.0.